The molecule has 0 amide bonds. The number of rotatable bonds is 7. The predicted octanol–water partition coefficient (Wildman–Crippen LogP) is 2.84. The number of ether oxygens (including phenoxy) is 2. The highest BCUT2D eigenvalue weighted by atomic mass is 79.9. The minimum atomic E-state index is -0.0381. The Balaban J connectivity index is 2.04. The SMILES string of the molecule is COc1ccc(NCc2ccc(Br)cn2)cc1OCCO. The highest BCUT2D eigenvalue weighted by Crippen LogP contribution is 2.30. The van der Waals surface area contributed by atoms with Gasteiger partial charge < -0.3 is 19.9 Å². The van der Waals surface area contributed by atoms with E-state index in [4.69, 9.17) is 14.6 Å². The maximum atomic E-state index is 8.84. The van der Waals surface area contributed by atoms with E-state index >= 15 is 0 Å². The lowest BCUT2D eigenvalue weighted by Gasteiger charge is -2.12. The van der Waals surface area contributed by atoms with Crippen LogP contribution in [0.15, 0.2) is 41.0 Å². The second-order valence-electron chi connectivity index (χ2n) is 4.26. The zero-order valence-electron chi connectivity index (χ0n) is 11.7. The second-order valence-corrected chi connectivity index (χ2v) is 5.17. The fourth-order valence-electron chi connectivity index (χ4n) is 1.76. The first kappa shape index (κ1) is 15.6. The van der Waals surface area contributed by atoms with Gasteiger partial charge in [0, 0.05) is 22.4 Å². The number of benzene rings is 1. The number of aliphatic hydroxyl groups is 1. The molecule has 6 heteroatoms. The van der Waals surface area contributed by atoms with Crippen LogP contribution >= 0.6 is 15.9 Å². The Labute approximate surface area is 132 Å². The Morgan fingerprint density at radius 1 is 1.24 bits per heavy atom. The quantitative estimate of drug-likeness (QED) is 0.802. The lowest BCUT2D eigenvalue weighted by Crippen LogP contribution is -2.05. The third-order valence-corrected chi connectivity index (χ3v) is 3.24. The number of aromatic nitrogens is 1. The molecule has 1 heterocycles. The molecule has 2 N–H and O–H groups in total. The molecule has 0 spiro atoms. The van der Waals surface area contributed by atoms with Gasteiger partial charge in [0.05, 0.1) is 26.0 Å². The van der Waals surface area contributed by atoms with E-state index in [0.717, 1.165) is 15.9 Å². The largest absolute Gasteiger partial charge is 0.493 e. The summed E-state index contributed by atoms with van der Waals surface area (Å²) in [6.45, 7) is 0.802. The first-order valence-electron chi connectivity index (χ1n) is 6.49. The van der Waals surface area contributed by atoms with Crippen molar-refractivity contribution in [2.24, 2.45) is 0 Å². The average molecular weight is 353 g/mol. The lowest BCUT2D eigenvalue weighted by atomic mass is 10.2. The molecule has 0 saturated carbocycles. The van der Waals surface area contributed by atoms with Crippen molar-refractivity contribution in [3.63, 3.8) is 0 Å². The third-order valence-electron chi connectivity index (χ3n) is 2.77. The van der Waals surface area contributed by atoms with Gasteiger partial charge in [-0.2, -0.15) is 0 Å². The summed E-state index contributed by atoms with van der Waals surface area (Å²) in [5.74, 6) is 1.23. The van der Waals surface area contributed by atoms with Crippen LogP contribution in [0.5, 0.6) is 11.5 Å². The predicted molar refractivity (Wildman–Crippen MR) is 84.8 cm³/mol. The van der Waals surface area contributed by atoms with Crippen LogP contribution in [0.25, 0.3) is 0 Å². The van der Waals surface area contributed by atoms with E-state index in [1.54, 1.807) is 13.3 Å². The number of nitrogens with one attached hydrogen (secondary N) is 1. The number of hydrogen-bond acceptors (Lipinski definition) is 5. The Hall–Kier alpha value is -1.79. The molecule has 112 valence electrons. The lowest BCUT2D eigenvalue weighted by molar-refractivity contribution is 0.196. The normalized spacial score (nSPS) is 10.2. The van der Waals surface area contributed by atoms with Gasteiger partial charge in [-0.1, -0.05) is 0 Å². The standard InChI is InChI=1S/C15H17BrN2O3/c1-20-14-5-4-12(8-15(14)21-7-6-19)18-10-13-3-2-11(16)9-17-13/h2-5,8-9,18-19H,6-7,10H2,1H3. The second kappa shape index (κ2) is 7.85. The Bertz CT molecular complexity index is 576. The van der Waals surface area contributed by atoms with Crippen LogP contribution in [0.4, 0.5) is 5.69 Å². The summed E-state index contributed by atoms with van der Waals surface area (Å²) in [6, 6.07) is 9.47. The van der Waals surface area contributed by atoms with Crippen molar-refractivity contribution >= 4 is 21.6 Å². The first-order chi connectivity index (χ1) is 10.2. The fourth-order valence-corrected chi connectivity index (χ4v) is 1.99. The highest BCUT2D eigenvalue weighted by Gasteiger charge is 2.06. The van der Waals surface area contributed by atoms with Crippen molar-refractivity contribution in [3.8, 4) is 11.5 Å². The number of anilines is 1. The summed E-state index contributed by atoms with van der Waals surface area (Å²) in [5.41, 5.74) is 1.83. The van der Waals surface area contributed by atoms with Gasteiger partial charge >= 0.3 is 0 Å². The van der Waals surface area contributed by atoms with Gasteiger partial charge in [-0.05, 0) is 40.2 Å². The molecule has 0 aliphatic rings. The minimum Gasteiger partial charge on any atom is -0.493 e. The minimum absolute atomic E-state index is 0.0381. The van der Waals surface area contributed by atoms with Crippen LogP contribution in [-0.4, -0.2) is 30.4 Å². The van der Waals surface area contributed by atoms with E-state index in [9.17, 15) is 0 Å². The zero-order valence-corrected chi connectivity index (χ0v) is 13.3. The van der Waals surface area contributed by atoms with Crippen LogP contribution in [0, 0.1) is 0 Å². The first-order valence-corrected chi connectivity index (χ1v) is 7.28. The molecule has 5 nitrogen and oxygen atoms in total. The molecule has 21 heavy (non-hydrogen) atoms. The molecule has 0 atom stereocenters. The van der Waals surface area contributed by atoms with Gasteiger partial charge in [0.2, 0.25) is 0 Å². The van der Waals surface area contributed by atoms with E-state index < -0.39 is 0 Å². The molecule has 0 bridgehead atoms. The molecule has 0 radical (unpaired) electrons. The molecule has 2 rings (SSSR count). The molecule has 1 aromatic carbocycles. The Kier molecular flexibility index (Phi) is 5.83. The van der Waals surface area contributed by atoms with E-state index in [2.05, 4.69) is 26.2 Å². The summed E-state index contributed by atoms with van der Waals surface area (Å²) in [4.78, 5) is 4.30. The topological polar surface area (TPSA) is 63.6 Å². The van der Waals surface area contributed by atoms with Gasteiger partial charge in [-0.15, -0.1) is 0 Å². The Morgan fingerprint density at radius 3 is 2.76 bits per heavy atom. The van der Waals surface area contributed by atoms with E-state index in [1.165, 1.54) is 0 Å². The maximum absolute atomic E-state index is 8.84. The van der Waals surface area contributed by atoms with Crippen LogP contribution in [0.3, 0.4) is 0 Å². The molecule has 0 saturated heterocycles. The number of nitrogens with zero attached hydrogens (tertiary/aromatic N) is 1. The van der Waals surface area contributed by atoms with Crippen molar-refractivity contribution in [2.45, 2.75) is 6.54 Å². The zero-order chi connectivity index (χ0) is 15.1. The molecule has 2 aromatic rings. The third kappa shape index (κ3) is 4.61. The van der Waals surface area contributed by atoms with Crippen LogP contribution < -0.4 is 14.8 Å². The smallest absolute Gasteiger partial charge is 0.163 e. The number of hydrogen-bond donors (Lipinski definition) is 2. The molecule has 0 aliphatic carbocycles. The van der Waals surface area contributed by atoms with Crippen LogP contribution in [-0.2, 0) is 6.54 Å². The van der Waals surface area contributed by atoms with Gasteiger partial charge in [-0.25, -0.2) is 0 Å². The molecule has 1 aromatic heterocycles. The summed E-state index contributed by atoms with van der Waals surface area (Å²) >= 11 is 3.36. The van der Waals surface area contributed by atoms with Gasteiger partial charge in [0.1, 0.15) is 6.61 Å². The van der Waals surface area contributed by atoms with Crippen molar-refractivity contribution in [1.29, 1.82) is 0 Å². The van der Waals surface area contributed by atoms with Crippen molar-refractivity contribution in [1.82, 2.24) is 4.98 Å². The molecular weight excluding hydrogens is 336 g/mol. The molecule has 0 fully saturated rings. The van der Waals surface area contributed by atoms with Crippen LogP contribution in [0.2, 0.25) is 0 Å². The summed E-state index contributed by atoms with van der Waals surface area (Å²) in [6.07, 6.45) is 1.76. The van der Waals surface area contributed by atoms with Gasteiger partial charge in [0.25, 0.3) is 0 Å². The van der Waals surface area contributed by atoms with Crippen molar-refractivity contribution in [2.75, 3.05) is 25.6 Å². The molecule has 0 unspecified atom stereocenters. The van der Waals surface area contributed by atoms with E-state index in [-0.39, 0.29) is 13.2 Å². The Morgan fingerprint density at radius 2 is 2.10 bits per heavy atom. The summed E-state index contributed by atoms with van der Waals surface area (Å²) in [5, 5.41) is 12.1. The molecular formula is C15H17BrN2O3. The van der Waals surface area contributed by atoms with Crippen LogP contribution in [0.1, 0.15) is 5.69 Å². The summed E-state index contributed by atoms with van der Waals surface area (Å²) < 4.78 is 11.6. The average Bonchev–Trinajstić information content (AvgIpc) is 2.52. The van der Waals surface area contributed by atoms with Gasteiger partial charge in [-0.3, -0.25) is 4.98 Å². The van der Waals surface area contributed by atoms with E-state index in [1.807, 2.05) is 30.3 Å². The monoisotopic (exact) mass is 352 g/mol. The number of halogens is 1. The number of methoxy groups -OCH3 is 1. The number of aliphatic hydroxyl groups excluding tert-OH is 1. The fraction of sp³-hybridized carbons (Fsp3) is 0.267. The molecule has 0 aliphatic heterocycles. The summed E-state index contributed by atoms with van der Waals surface area (Å²) in [7, 11) is 1.58. The van der Waals surface area contributed by atoms with E-state index in [0.29, 0.717) is 18.0 Å². The van der Waals surface area contributed by atoms with Gasteiger partial charge in [0.15, 0.2) is 11.5 Å². The maximum Gasteiger partial charge on any atom is 0.163 e. The van der Waals surface area contributed by atoms with Crippen molar-refractivity contribution in [3.05, 3.63) is 46.7 Å². The number of pyridine rings is 1. The van der Waals surface area contributed by atoms with Crippen molar-refractivity contribution < 1.29 is 14.6 Å². The highest BCUT2D eigenvalue weighted by molar-refractivity contribution is 9.10.